The molecule has 0 saturated carbocycles. The molecule has 0 unspecified atom stereocenters. The van der Waals surface area contributed by atoms with Crippen LogP contribution in [-0.2, 0) is 11.2 Å². The Morgan fingerprint density at radius 2 is 2.22 bits per heavy atom. The van der Waals surface area contributed by atoms with Crippen molar-refractivity contribution in [2.45, 2.75) is 33.2 Å². The number of anilines is 1. The Kier molecular flexibility index (Phi) is 4.76. The normalized spacial score (nSPS) is 17.8. The maximum absolute atomic E-state index is 12.5. The highest BCUT2D eigenvalue weighted by Gasteiger charge is 2.26. The highest BCUT2D eigenvalue weighted by Crippen LogP contribution is 2.33. The largest absolute Gasteiger partial charge is 0.323 e. The van der Waals surface area contributed by atoms with Crippen molar-refractivity contribution in [3.8, 4) is 0 Å². The molecule has 1 aromatic carbocycles. The van der Waals surface area contributed by atoms with E-state index < -0.39 is 0 Å². The summed E-state index contributed by atoms with van der Waals surface area (Å²) in [5.74, 6) is -0.00983. The zero-order chi connectivity index (χ0) is 16.6. The summed E-state index contributed by atoms with van der Waals surface area (Å²) in [5, 5.41) is 5.72. The Bertz CT molecular complexity index is 717. The van der Waals surface area contributed by atoms with Gasteiger partial charge in [0.25, 0.3) is 0 Å². The third-order valence-corrected chi connectivity index (χ3v) is 5.74. The molecule has 0 radical (unpaired) electrons. The summed E-state index contributed by atoms with van der Waals surface area (Å²) in [6.07, 6.45) is 1.02. The molecule has 2 aromatic rings. The summed E-state index contributed by atoms with van der Waals surface area (Å²) in [6.45, 7) is 7.44. The van der Waals surface area contributed by atoms with Crippen molar-refractivity contribution >= 4 is 34.5 Å². The fourth-order valence-corrected chi connectivity index (χ4v) is 4.55. The van der Waals surface area contributed by atoms with Gasteiger partial charge in [-0.05, 0) is 61.4 Å². The Morgan fingerprint density at radius 3 is 2.96 bits per heavy atom. The second-order valence-corrected chi connectivity index (χ2v) is 7.59. The molecule has 0 bridgehead atoms. The summed E-state index contributed by atoms with van der Waals surface area (Å²) in [4.78, 5) is 16.1. The number of halogens is 1. The third kappa shape index (κ3) is 3.44. The van der Waals surface area contributed by atoms with Crippen LogP contribution in [0.4, 0.5) is 5.69 Å². The number of aryl methyl sites for hydroxylation is 2. The lowest BCUT2D eigenvalue weighted by atomic mass is 10.0. The van der Waals surface area contributed by atoms with Gasteiger partial charge in [0.1, 0.15) is 0 Å². The number of amides is 1. The maximum atomic E-state index is 12.5. The van der Waals surface area contributed by atoms with E-state index in [9.17, 15) is 4.79 Å². The smallest absolute Gasteiger partial charge is 0.238 e. The number of nitrogens with one attached hydrogen (secondary N) is 1. The van der Waals surface area contributed by atoms with Crippen LogP contribution in [0.15, 0.2) is 23.6 Å². The average Bonchev–Trinajstić information content (AvgIpc) is 2.95. The number of carbonyl (C=O) groups excluding carboxylic acids is 1. The molecular weight excluding hydrogens is 328 g/mol. The van der Waals surface area contributed by atoms with Gasteiger partial charge in [0.2, 0.25) is 5.91 Å². The van der Waals surface area contributed by atoms with Crippen molar-refractivity contribution in [3.05, 3.63) is 50.2 Å². The third-order valence-electron chi connectivity index (χ3n) is 4.45. The number of nitrogens with zero attached hydrogens (tertiary/aromatic N) is 1. The molecule has 0 saturated heterocycles. The monoisotopic (exact) mass is 348 g/mol. The van der Waals surface area contributed by atoms with Crippen molar-refractivity contribution in [1.82, 2.24) is 4.90 Å². The van der Waals surface area contributed by atoms with E-state index in [1.807, 2.05) is 37.3 Å². The number of carbonyl (C=O) groups is 1. The lowest BCUT2D eigenvalue weighted by molar-refractivity contribution is -0.117. The van der Waals surface area contributed by atoms with Crippen LogP contribution in [0.5, 0.6) is 0 Å². The molecular formula is C18H21ClN2OS. The Hall–Kier alpha value is -1.36. The van der Waals surface area contributed by atoms with Crippen LogP contribution in [0.25, 0.3) is 0 Å². The quantitative estimate of drug-likeness (QED) is 0.880. The van der Waals surface area contributed by atoms with E-state index in [-0.39, 0.29) is 11.9 Å². The number of fused-ring (bicyclic) bond motifs is 1. The average molecular weight is 349 g/mol. The minimum atomic E-state index is -0.00983. The standard InChI is InChI=1S/C18H21ClN2OS/c1-11-8-12(2)18(15(19)9-11)20-17(22)10-21-6-4-16-14(13(21)3)5-7-23-16/h5,7-9,13H,4,6,10H2,1-3H3,(H,20,22)/t13-/m1/s1. The number of benzene rings is 1. The van der Waals surface area contributed by atoms with Gasteiger partial charge in [0.15, 0.2) is 0 Å². The molecule has 1 aliphatic heterocycles. The molecule has 122 valence electrons. The van der Waals surface area contributed by atoms with Crippen LogP contribution >= 0.6 is 22.9 Å². The molecule has 1 N–H and O–H groups in total. The highest BCUT2D eigenvalue weighted by atomic mass is 35.5. The second kappa shape index (κ2) is 6.63. The van der Waals surface area contributed by atoms with Gasteiger partial charge < -0.3 is 5.32 Å². The van der Waals surface area contributed by atoms with Crippen molar-refractivity contribution in [2.75, 3.05) is 18.4 Å². The van der Waals surface area contributed by atoms with Gasteiger partial charge in [-0.2, -0.15) is 0 Å². The summed E-state index contributed by atoms with van der Waals surface area (Å²) < 4.78 is 0. The van der Waals surface area contributed by atoms with E-state index in [0.29, 0.717) is 11.6 Å². The Morgan fingerprint density at radius 1 is 1.43 bits per heavy atom. The topological polar surface area (TPSA) is 32.3 Å². The van der Waals surface area contributed by atoms with Gasteiger partial charge in [0.05, 0.1) is 17.3 Å². The number of hydrogen-bond acceptors (Lipinski definition) is 3. The molecule has 1 amide bonds. The summed E-state index contributed by atoms with van der Waals surface area (Å²) >= 11 is 8.09. The van der Waals surface area contributed by atoms with Gasteiger partial charge >= 0.3 is 0 Å². The zero-order valence-electron chi connectivity index (χ0n) is 13.6. The Labute approximate surface area is 146 Å². The van der Waals surface area contributed by atoms with E-state index in [1.165, 1.54) is 10.4 Å². The van der Waals surface area contributed by atoms with Gasteiger partial charge in [-0.1, -0.05) is 17.7 Å². The molecule has 1 aromatic heterocycles. The summed E-state index contributed by atoms with van der Waals surface area (Å²) in [6, 6.07) is 6.37. The predicted octanol–water partition coefficient (Wildman–Crippen LogP) is 4.58. The first-order chi connectivity index (χ1) is 11.0. The molecule has 23 heavy (non-hydrogen) atoms. The first-order valence-corrected chi connectivity index (χ1v) is 9.08. The van der Waals surface area contributed by atoms with Gasteiger partial charge in [-0.15, -0.1) is 11.3 Å². The van der Waals surface area contributed by atoms with E-state index in [1.54, 1.807) is 0 Å². The number of rotatable bonds is 3. The van der Waals surface area contributed by atoms with Crippen LogP contribution in [0.1, 0.15) is 34.5 Å². The molecule has 3 nitrogen and oxygen atoms in total. The zero-order valence-corrected chi connectivity index (χ0v) is 15.2. The number of hydrogen-bond donors (Lipinski definition) is 1. The predicted molar refractivity (Wildman–Crippen MR) is 97.6 cm³/mol. The van der Waals surface area contributed by atoms with Gasteiger partial charge in [-0.25, -0.2) is 0 Å². The molecule has 2 heterocycles. The van der Waals surface area contributed by atoms with Gasteiger partial charge in [-0.3, -0.25) is 9.69 Å². The van der Waals surface area contributed by atoms with Crippen molar-refractivity contribution < 1.29 is 4.79 Å². The Balaban J connectivity index is 1.69. The van der Waals surface area contributed by atoms with Crippen LogP contribution < -0.4 is 5.32 Å². The van der Waals surface area contributed by atoms with Crippen molar-refractivity contribution in [1.29, 1.82) is 0 Å². The SMILES string of the molecule is Cc1cc(C)c(NC(=O)CN2CCc3sccc3[C@H]2C)c(Cl)c1. The molecule has 3 rings (SSSR count). The molecule has 0 spiro atoms. The summed E-state index contributed by atoms with van der Waals surface area (Å²) in [7, 11) is 0. The second-order valence-electron chi connectivity index (χ2n) is 6.18. The number of thiophene rings is 1. The fourth-order valence-electron chi connectivity index (χ4n) is 3.21. The molecule has 0 aliphatic carbocycles. The van der Waals surface area contributed by atoms with Crippen LogP contribution in [0, 0.1) is 13.8 Å². The summed E-state index contributed by atoms with van der Waals surface area (Å²) in [5.41, 5.74) is 4.18. The first-order valence-electron chi connectivity index (χ1n) is 7.82. The molecule has 0 fully saturated rings. The lowest BCUT2D eigenvalue weighted by Gasteiger charge is -2.33. The maximum Gasteiger partial charge on any atom is 0.238 e. The minimum Gasteiger partial charge on any atom is -0.323 e. The van der Waals surface area contributed by atoms with E-state index in [2.05, 4.69) is 28.6 Å². The lowest BCUT2D eigenvalue weighted by Crippen LogP contribution is -2.39. The van der Waals surface area contributed by atoms with Crippen LogP contribution in [0.2, 0.25) is 5.02 Å². The first kappa shape index (κ1) is 16.5. The minimum absolute atomic E-state index is 0.00983. The van der Waals surface area contributed by atoms with Crippen molar-refractivity contribution in [2.24, 2.45) is 0 Å². The van der Waals surface area contributed by atoms with Crippen LogP contribution in [-0.4, -0.2) is 23.9 Å². The van der Waals surface area contributed by atoms with E-state index in [4.69, 9.17) is 11.6 Å². The van der Waals surface area contributed by atoms with E-state index in [0.717, 1.165) is 29.8 Å². The highest BCUT2D eigenvalue weighted by molar-refractivity contribution is 7.10. The molecule has 1 atom stereocenters. The van der Waals surface area contributed by atoms with E-state index >= 15 is 0 Å². The van der Waals surface area contributed by atoms with Crippen molar-refractivity contribution in [3.63, 3.8) is 0 Å². The molecule has 1 aliphatic rings. The fraction of sp³-hybridized carbons (Fsp3) is 0.389. The molecule has 5 heteroatoms. The van der Waals surface area contributed by atoms with Gasteiger partial charge in [0, 0.05) is 17.5 Å². The van der Waals surface area contributed by atoms with Crippen LogP contribution in [0.3, 0.4) is 0 Å².